The van der Waals surface area contributed by atoms with Gasteiger partial charge in [-0.05, 0) is 13.3 Å². The lowest BCUT2D eigenvalue weighted by molar-refractivity contribution is -0.142. The van der Waals surface area contributed by atoms with E-state index in [0.29, 0.717) is 26.2 Å². The topological polar surface area (TPSA) is 84.9 Å². The maximum atomic E-state index is 11.2. The molecule has 0 aliphatic carbocycles. The van der Waals surface area contributed by atoms with Crippen LogP contribution in [0.25, 0.3) is 0 Å². The largest absolute Gasteiger partial charge is 0.480 e. The number of nitrogens with one attached hydrogen (secondary N) is 1. The van der Waals surface area contributed by atoms with Crippen LogP contribution in [0.4, 0.5) is 0 Å². The highest BCUT2D eigenvalue weighted by atomic mass is 16.5. The lowest BCUT2D eigenvalue weighted by Gasteiger charge is -2.12. The Morgan fingerprint density at radius 1 is 1.25 bits per heavy atom. The second-order valence-corrected chi connectivity index (χ2v) is 3.12. The molecule has 0 aromatic heterocycles. The molecule has 0 rings (SSSR count). The molecule has 0 fully saturated rings. The quantitative estimate of drug-likeness (QED) is 0.548. The minimum absolute atomic E-state index is 0.142. The van der Waals surface area contributed by atoms with E-state index in [4.69, 9.17) is 14.6 Å². The van der Waals surface area contributed by atoms with Crippen LogP contribution in [-0.4, -0.2) is 49.5 Å². The van der Waals surface area contributed by atoms with Gasteiger partial charge in [-0.25, -0.2) is 4.79 Å². The van der Waals surface area contributed by atoms with E-state index in [9.17, 15) is 9.59 Å². The Labute approximate surface area is 94.9 Å². The Morgan fingerprint density at radius 2 is 1.88 bits per heavy atom. The van der Waals surface area contributed by atoms with Crippen LogP contribution in [-0.2, 0) is 19.1 Å². The summed E-state index contributed by atoms with van der Waals surface area (Å²) in [4.78, 5) is 21.8. The number of aliphatic carboxylic acids is 1. The summed E-state index contributed by atoms with van der Waals surface area (Å²) in [6.07, 6.45) is 0.347. The van der Waals surface area contributed by atoms with Gasteiger partial charge in [0.25, 0.3) is 0 Å². The van der Waals surface area contributed by atoms with E-state index in [1.165, 1.54) is 0 Å². The first-order chi connectivity index (χ1) is 7.61. The van der Waals surface area contributed by atoms with Crippen molar-refractivity contribution in [3.63, 3.8) is 0 Å². The number of hydrogen-bond donors (Lipinski definition) is 2. The van der Waals surface area contributed by atoms with Crippen LogP contribution in [0.5, 0.6) is 0 Å². The summed E-state index contributed by atoms with van der Waals surface area (Å²) in [5, 5.41) is 11.0. The Bertz CT molecular complexity index is 219. The van der Waals surface area contributed by atoms with Gasteiger partial charge in [0.2, 0.25) is 5.91 Å². The van der Waals surface area contributed by atoms with Crippen molar-refractivity contribution in [2.24, 2.45) is 0 Å². The Morgan fingerprint density at radius 3 is 2.38 bits per heavy atom. The summed E-state index contributed by atoms with van der Waals surface area (Å²) >= 11 is 0. The second-order valence-electron chi connectivity index (χ2n) is 3.12. The number of amides is 1. The lowest BCUT2D eigenvalue weighted by Crippen LogP contribution is -2.42. The van der Waals surface area contributed by atoms with Gasteiger partial charge in [-0.15, -0.1) is 0 Å². The van der Waals surface area contributed by atoms with Crippen molar-refractivity contribution in [3.05, 3.63) is 0 Å². The Kier molecular flexibility index (Phi) is 8.46. The number of ether oxygens (including phenoxy) is 2. The molecule has 1 atom stereocenters. The average Bonchev–Trinajstić information content (AvgIpc) is 2.25. The van der Waals surface area contributed by atoms with Gasteiger partial charge < -0.3 is 19.9 Å². The molecule has 0 heterocycles. The zero-order valence-corrected chi connectivity index (χ0v) is 9.69. The summed E-state index contributed by atoms with van der Waals surface area (Å²) < 4.78 is 10.00. The molecule has 0 radical (unpaired) electrons. The molecule has 16 heavy (non-hydrogen) atoms. The van der Waals surface area contributed by atoms with Gasteiger partial charge in [-0.2, -0.15) is 0 Å². The second kappa shape index (κ2) is 9.11. The monoisotopic (exact) mass is 233 g/mol. The van der Waals surface area contributed by atoms with Crippen molar-refractivity contribution in [1.29, 1.82) is 0 Å². The molecular weight excluding hydrogens is 214 g/mol. The zero-order chi connectivity index (χ0) is 12.4. The maximum absolute atomic E-state index is 11.2. The van der Waals surface area contributed by atoms with Crippen LogP contribution in [0, 0.1) is 0 Å². The van der Waals surface area contributed by atoms with Crippen molar-refractivity contribution in [2.45, 2.75) is 26.3 Å². The number of carbonyl (C=O) groups excluding carboxylic acids is 1. The van der Waals surface area contributed by atoms with Crippen LogP contribution >= 0.6 is 0 Å². The van der Waals surface area contributed by atoms with Gasteiger partial charge in [0.1, 0.15) is 12.6 Å². The highest BCUT2D eigenvalue weighted by molar-refractivity contribution is 5.84. The van der Waals surface area contributed by atoms with Crippen molar-refractivity contribution >= 4 is 11.9 Å². The molecule has 94 valence electrons. The van der Waals surface area contributed by atoms with Gasteiger partial charge in [0.05, 0.1) is 13.2 Å². The smallest absolute Gasteiger partial charge is 0.326 e. The van der Waals surface area contributed by atoms with E-state index >= 15 is 0 Å². The van der Waals surface area contributed by atoms with E-state index < -0.39 is 17.9 Å². The third-order valence-electron chi connectivity index (χ3n) is 1.85. The Balaban J connectivity index is 3.61. The molecule has 0 aromatic rings. The first-order valence-electron chi connectivity index (χ1n) is 5.29. The number of carboxylic acid groups (broad SMARTS) is 1. The highest BCUT2D eigenvalue weighted by Crippen LogP contribution is 1.90. The van der Waals surface area contributed by atoms with E-state index in [1.807, 2.05) is 6.92 Å². The summed E-state index contributed by atoms with van der Waals surface area (Å²) in [6.45, 7) is 4.77. The lowest BCUT2D eigenvalue weighted by atomic mass is 10.2. The third kappa shape index (κ3) is 7.19. The molecule has 0 aliphatic rings. The fourth-order valence-corrected chi connectivity index (χ4v) is 1.00. The third-order valence-corrected chi connectivity index (χ3v) is 1.85. The highest BCUT2D eigenvalue weighted by Gasteiger charge is 2.16. The van der Waals surface area contributed by atoms with E-state index in [0.717, 1.165) is 0 Å². The standard InChI is InChI=1S/C10H19NO5/c1-3-8(10(13)14)11-9(12)7-16-6-5-15-4-2/h8H,3-7H2,1-2H3,(H,11,12)(H,13,14). The Hall–Kier alpha value is -1.14. The van der Waals surface area contributed by atoms with Gasteiger partial charge in [-0.1, -0.05) is 6.92 Å². The molecular formula is C10H19NO5. The molecule has 0 aliphatic heterocycles. The van der Waals surface area contributed by atoms with Crippen molar-refractivity contribution in [3.8, 4) is 0 Å². The number of hydrogen-bond acceptors (Lipinski definition) is 4. The normalized spacial score (nSPS) is 12.1. The maximum Gasteiger partial charge on any atom is 0.326 e. The minimum atomic E-state index is -1.04. The molecule has 1 unspecified atom stereocenters. The average molecular weight is 233 g/mol. The number of carboxylic acids is 1. The molecule has 6 heteroatoms. The van der Waals surface area contributed by atoms with Crippen LogP contribution in [0.15, 0.2) is 0 Å². The van der Waals surface area contributed by atoms with Crippen molar-refractivity contribution < 1.29 is 24.2 Å². The van der Waals surface area contributed by atoms with Crippen LogP contribution in [0.2, 0.25) is 0 Å². The molecule has 0 bridgehead atoms. The van der Waals surface area contributed by atoms with Gasteiger partial charge in [0.15, 0.2) is 0 Å². The molecule has 6 nitrogen and oxygen atoms in total. The van der Waals surface area contributed by atoms with Gasteiger partial charge in [0, 0.05) is 6.61 Å². The molecule has 2 N–H and O–H groups in total. The van der Waals surface area contributed by atoms with E-state index in [-0.39, 0.29) is 6.61 Å². The zero-order valence-electron chi connectivity index (χ0n) is 9.69. The predicted molar refractivity (Wildman–Crippen MR) is 57.2 cm³/mol. The number of rotatable bonds is 9. The fourth-order valence-electron chi connectivity index (χ4n) is 1.00. The molecule has 0 aromatic carbocycles. The first-order valence-corrected chi connectivity index (χ1v) is 5.29. The van der Waals surface area contributed by atoms with Crippen molar-refractivity contribution in [1.82, 2.24) is 5.32 Å². The van der Waals surface area contributed by atoms with Crippen LogP contribution < -0.4 is 5.32 Å². The number of carbonyl (C=O) groups is 2. The summed E-state index contributed by atoms with van der Waals surface area (Å²) in [6, 6.07) is -0.844. The summed E-state index contributed by atoms with van der Waals surface area (Å²) in [5.74, 6) is -1.46. The molecule has 0 saturated carbocycles. The molecule has 0 spiro atoms. The summed E-state index contributed by atoms with van der Waals surface area (Å²) in [7, 11) is 0. The van der Waals surface area contributed by atoms with E-state index in [2.05, 4.69) is 5.32 Å². The van der Waals surface area contributed by atoms with Crippen LogP contribution in [0.3, 0.4) is 0 Å². The molecule has 0 saturated heterocycles. The SMILES string of the molecule is CCOCCOCC(=O)NC(CC)C(=O)O. The van der Waals surface area contributed by atoms with E-state index in [1.54, 1.807) is 6.92 Å². The molecule has 1 amide bonds. The van der Waals surface area contributed by atoms with Crippen molar-refractivity contribution in [2.75, 3.05) is 26.4 Å². The fraction of sp³-hybridized carbons (Fsp3) is 0.800. The van der Waals surface area contributed by atoms with Gasteiger partial charge in [-0.3, -0.25) is 4.79 Å². The predicted octanol–water partition coefficient (Wildman–Crippen LogP) is 0.0189. The van der Waals surface area contributed by atoms with Crippen LogP contribution in [0.1, 0.15) is 20.3 Å². The first kappa shape index (κ1) is 14.9. The summed E-state index contributed by atoms with van der Waals surface area (Å²) in [5.41, 5.74) is 0. The minimum Gasteiger partial charge on any atom is -0.480 e. The van der Waals surface area contributed by atoms with Gasteiger partial charge >= 0.3 is 5.97 Å².